The maximum absolute atomic E-state index is 11.7. The zero-order valence-electron chi connectivity index (χ0n) is 13.1. The van der Waals surface area contributed by atoms with E-state index in [0.29, 0.717) is 0 Å². The van der Waals surface area contributed by atoms with Crippen LogP contribution < -0.4 is 0 Å². The number of piperazine rings is 1. The molecule has 0 aromatic heterocycles. The monoisotopic (exact) mass is 271 g/mol. The second-order valence-corrected chi connectivity index (χ2v) is 6.30. The Morgan fingerprint density at radius 1 is 1.16 bits per heavy atom. The Bertz CT molecular complexity index is 284. The number of carbonyl (C=O) groups excluding carboxylic acids is 1. The van der Waals surface area contributed by atoms with Crippen LogP contribution in [0.4, 0.5) is 0 Å². The first-order valence-electron chi connectivity index (χ1n) is 7.03. The van der Waals surface area contributed by atoms with Gasteiger partial charge in [-0.1, -0.05) is 0 Å². The van der Waals surface area contributed by atoms with Gasteiger partial charge >= 0.3 is 5.97 Å². The summed E-state index contributed by atoms with van der Waals surface area (Å²) >= 11 is 0. The number of hydrogen-bond donors (Lipinski definition) is 0. The van der Waals surface area contributed by atoms with Crippen molar-refractivity contribution in [3.05, 3.63) is 0 Å². The van der Waals surface area contributed by atoms with Gasteiger partial charge in [0.05, 0.1) is 12.5 Å². The maximum atomic E-state index is 11.7. The lowest BCUT2D eigenvalue weighted by molar-refractivity contribution is -0.152. The van der Waals surface area contributed by atoms with E-state index in [1.165, 1.54) is 7.11 Å². The zero-order valence-corrected chi connectivity index (χ0v) is 13.1. The highest BCUT2D eigenvalue weighted by Crippen LogP contribution is 2.19. The predicted octanol–water partition coefficient (Wildman–Crippen LogP) is 0.365. The fourth-order valence-corrected chi connectivity index (χ4v) is 2.41. The molecular weight excluding hydrogens is 242 g/mol. The van der Waals surface area contributed by atoms with Crippen LogP contribution in [-0.4, -0.2) is 87.7 Å². The molecule has 0 unspecified atom stereocenters. The van der Waals surface area contributed by atoms with E-state index in [0.717, 1.165) is 45.8 Å². The molecule has 1 rings (SSSR count). The van der Waals surface area contributed by atoms with E-state index in [2.05, 4.69) is 28.8 Å². The van der Waals surface area contributed by atoms with Crippen molar-refractivity contribution in [2.24, 2.45) is 5.41 Å². The Labute approximate surface area is 117 Å². The molecule has 0 spiro atoms. The van der Waals surface area contributed by atoms with Gasteiger partial charge in [-0.15, -0.1) is 0 Å². The Balaban J connectivity index is 2.32. The average Bonchev–Trinajstić information content (AvgIpc) is 2.36. The maximum Gasteiger partial charge on any atom is 0.312 e. The van der Waals surface area contributed by atoms with Gasteiger partial charge in [-0.25, -0.2) is 0 Å². The summed E-state index contributed by atoms with van der Waals surface area (Å²) in [5.74, 6) is -0.123. The van der Waals surface area contributed by atoms with E-state index in [1.54, 1.807) is 0 Å². The predicted molar refractivity (Wildman–Crippen MR) is 77.2 cm³/mol. The molecule has 1 aliphatic rings. The summed E-state index contributed by atoms with van der Waals surface area (Å²) in [5.41, 5.74) is -0.416. The lowest BCUT2D eigenvalue weighted by Crippen LogP contribution is -2.51. The highest BCUT2D eigenvalue weighted by molar-refractivity contribution is 5.76. The van der Waals surface area contributed by atoms with Gasteiger partial charge in [0.25, 0.3) is 0 Å². The number of nitrogens with zero attached hydrogens (tertiary/aromatic N) is 3. The molecule has 0 saturated carbocycles. The highest BCUT2D eigenvalue weighted by atomic mass is 16.5. The standard InChI is InChI=1S/C14H29N3O2/c1-14(2,13(18)19-5)12-17-10-8-16(9-11-17)7-6-15(3)4/h6-12H2,1-5H3. The van der Waals surface area contributed by atoms with Gasteiger partial charge in [0.15, 0.2) is 0 Å². The smallest absolute Gasteiger partial charge is 0.312 e. The van der Waals surface area contributed by atoms with Crippen LogP contribution in [0.2, 0.25) is 0 Å². The number of hydrogen-bond acceptors (Lipinski definition) is 5. The van der Waals surface area contributed by atoms with Gasteiger partial charge in [-0.05, 0) is 27.9 Å². The van der Waals surface area contributed by atoms with Crippen molar-refractivity contribution in [1.29, 1.82) is 0 Å². The molecule has 0 aromatic carbocycles. The topological polar surface area (TPSA) is 36.0 Å². The second-order valence-electron chi connectivity index (χ2n) is 6.30. The molecular formula is C14H29N3O2. The van der Waals surface area contributed by atoms with Crippen LogP contribution in [0.1, 0.15) is 13.8 Å². The van der Waals surface area contributed by atoms with Crippen molar-refractivity contribution in [3.8, 4) is 0 Å². The van der Waals surface area contributed by atoms with E-state index in [9.17, 15) is 4.79 Å². The molecule has 0 bridgehead atoms. The Kier molecular flexibility index (Phi) is 6.23. The van der Waals surface area contributed by atoms with Gasteiger partial charge in [0, 0.05) is 45.8 Å². The summed E-state index contributed by atoms with van der Waals surface area (Å²) in [4.78, 5) is 18.8. The highest BCUT2D eigenvalue weighted by Gasteiger charge is 2.32. The van der Waals surface area contributed by atoms with Crippen molar-refractivity contribution in [2.75, 3.05) is 67.0 Å². The van der Waals surface area contributed by atoms with E-state index < -0.39 is 5.41 Å². The van der Waals surface area contributed by atoms with Gasteiger partial charge in [-0.2, -0.15) is 0 Å². The zero-order chi connectivity index (χ0) is 14.5. The number of methoxy groups -OCH3 is 1. The molecule has 0 N–H and O–H groups in total. The summed E-state index contributed by atoms with van der Waals surface area (Å²) < 4.78 is 4.86. The molecule has 0 amide bonds. The summed E-state index contributed by atoms with van der Waals surface area (Å²) in [6.07, 6.45) is 0. The van der Waals surface area contributed by atoms with Gasteiger partial charge in [-0.3, -0.25) is 14.6 Å². The minimum absolute atomic E-state index is 0.123. The first kappa shape index (κ1) is 16.4. The molecule has 1 saturated heterocycles. The SMILES string of the molecule is COC(=O)C(C)(C)CN1CCN(CCN(C)C)CC1. The van der Waals surface area contributed by atoms with Crippen LogP contribution in [0.25, 0.3) is 0 Å². The minimum atomic E-state index is -0.416. The van der Waals surface area contributed by atoms with Gasteiger partial charge in [0.2, 0.25) is 0 Å². The summed E-state index contributed by atoms with van der Waals surface area (Å²) in [6, 6.07) is 0. The van der Waals surface area contributed by atoms with Crippen LogP contribution in [0.5, 0.6) is 0 Å². The van der Waals surface area contributed by atoms with E-state index in [1.807, 2.05) is 13.8 Å². The molecule has 0 aromatic rings. The van der Waals surface area contributed by atoms with Crippen LogP contribution in [0.15, 0.2) is 0 Å². The second kappa shape index (κ2) is 7.22. The number of esters is 1. The summed E-state index contributed by atoms with van der Waals surface area (Å²) in [7, 11) is 5.67. The van der Waals surface area contributed by atoms with Crippen molar-refractivity contribution in [1.82, 2.24) is 14.7 Å². The molecule has 0 aliphatic carbocycles. The number of carbonyl (C=O) groups is 1. The van der Waals surface area contributed by atoms with E-state index in [-0.39, 0.29) is 5.97 Å². The fraction of sp³-hybridized carbons (Fsp3) is 0.929. The molecule has 5 heteroatoms. The Hall–Kier alpha value is -0.650. The Morgan fingerprint density at radius 3 is 2.16 bits per heavy atom. The molecule has 0 atom stereocenters. The first-order chi connectivity index (χ1) is 8.85. The summed E-state index contributed by atoms with van der Waals surface area (Å²) in [6.45, 7) is 11.2. The minimum Gasteiger partial charge on any atom is -0.469 e. The van der Waals surface area contributed by atoms with Crippen LogP contribution in [-0.2, 0) is 9.53 Å². The fourth-order valence-electron chi connectivity index (χ4n) is 2.41. The molecule has 1 heterocycles. The number of ether oxygens (including phenoxy) is 1. The van der Waals surface area contributed by atoms with Crippen molar-refractivity contribution >= 4 is 5.97 Å². The molecule has 0 radical (unpaired) electrons. The third-order valence-electron chi connectivity index (χ3n) is 3.69. The molecule has 1 fully saturated rings. The lowest BCUT2D eigenvalue weighted by Gasteiger charge is -2.38. The van der Waals surface area contributed by atoms with Crippen molar-refractivity contribution in [3.63, 3.8) is 0 Å². The summed E-state index contributed by atoms with van der Waals surface area (Å²) in [5, 5.41) is 0. The van der Waals surface area contributed by atoms with Gasteiger partial charge in [0.1, 0.15) is 0 Å². The largest absolute Gasteiger partial charge is 0.469 e. The molecule has 112 valence electrons. The van der Waals surface area contributed by atoms with Crippen molar-refractivity contribution < 1.29 is 9.53 Å². The Morgan fingerprint density at radius 2 is 1.68 bits per heavy atom. The van der Waals surface area contributed by atoms with Crippen molar-refractivity contribution in [2.45, 2.75) is 13.8 Å². The third-order valence-corrected chi connectivity index (χ3v) is 3.69. The number of rotatable bonds is 6. The van der Waals surface area contributed by atoms with Crippen LogP contribution in [0, 0.1) is 5.41 Å². The van der Waals surface area contributed by atoms with E-state index >= 15 is 0 Å². The normalized spacial score (nSPS) is 18.8. The lowest BCUT2D eigenvalue weighted by atomic mass is 9.92. The number of likely N-dealkylation sites (N-methyl/N-ethyl adjacent to an activating group) is 1. The van der Waals surface area contributed by atoms with E-state index in [4.69, 9.17) is 4.74 Å². The molecule has 1 aliphatic heterocycles. The molecule has 19 heavy (non-hydrogen) atoms. The average molecular weight is 271 g/mol. The van der Waals surface area contributed by atoms with Crippen LogP contribution in [0.3, 0.4) is 0 Å². The van der Waals surface area contributed by atoms with Gasteiger partial charge < -0.3 is 9.64 Å². The first-order valence-corrected chi connectivity index (χ1v) is 7.03. The molecule has 5 nitrogen and oxygen atoms in total. The quantitative estimate of drug-likeness (QED) is 0.652. The van der Waals surface area contributed by atoms with Crippen LogP contribution >= 0.6 is 0 Å². The third kappa shape index (κ3) is 5.47.